The van der Waals surface area contributed by atoms with Crippen molar-refractivity contribution in [1.29, 1.82) is 0 Å². The van der Waals surface area contributed by atoms with Gasteiger partial charge in [-0.1, -0.05) is 6.92 Å². The molecular weight excluding hydrogens is 386 g/mol. The highest BCUT2D eigenvalue weighted by Crippen LogP contribution is 2.39. The summed E-state index contributed by atoms with van der Waals surface area (Å²) in [6, 6.07) is 3.83. The number of phenols is 1. The van der Waals surface area contributed by atoms with E-state index in [-0.39, 0.29) is 41.6 Å². The number of esters is 1. The maximum Gasteiger partial charge on any atom is 0.343 e. The zero-order valence-electron chi connectivity index (χ0n) is 15.1. The summed E-state index contributed by atoms with van der Waals surface area (Å²) in [5.41, 5.74) is -0.954. The molecule has 0 saturated carbocycles. The molecule has 7 nitrogen and oxygen atoms in total. The number of nitrogens with zero attached hydrogens (tertiary/aromatic N) is 2. The fourth-order valence-corrected chi connectivity index (χ4v) is 4.04. The highest BCUT2D eigenvalue weighted by molar-refractivity contribution is 5.87. The van der Waals surface area contributed by atoms with Crippen LogP contribution in [0.5, 0.6) is 5.75 Å². The van der Waals surface area contributed by atoms with Crippen LogP contribution in [0, 0.1) is 11.6 Å². The molecule has 2 aliphatic heterocycles. The molecule has 9 heteroatoms. The summed E-state index contributed by atoms with van der Waals surface area (Å²) in [5, 5.41) is 20.3. The summed E-state index contributed by atoms with van der Waals surface area (Å²) in [6.45, 7) is 1.42. The van der Waals surface area contributed by atoms with E-state index in [4.69, 9.17) is 4.74 Å². The molecule has 0 saturated heterocycles. The summed E-state index contributed by atoms with van der Waals surface area (Å²) in [5.74, 6) is -4.20. The van der Waals surface area contributed by atoms with Crippen LogP contribution in [0.25, 0.3) is 22.3 Å². The van der Waals surface area contributed by atoms with Gasteiger partial charge in [0, 0.05) is 22.6 Å². The van der Waals surface area contributed by atoms with E-state index in [0.29, 0.717) is 17.0 Å². The Morgan fingerprint density at radius 2 is 2.03 bits per heavy atom. The van der Waals surface area contributed by atoms with E-state index < -0.39 is 34.5 Å². The Balaban J connectivity index is 1.81. The lowest BCUT2D eigenvalue weighted by Gasteiger charge is -2.31. The second kappa shape index (κ2) is 5.60. The number of fused-ring (bicyclic) bond motifs is 5. The number of halogens is 2. The molecule has 0 radical (unpaired) electrons. The number of ether oxygens (including phenoxy) is 1. The molecule has 3 aromatic rings. The third kappa shape index (κ3) is 2.16. The summed E-state index contributed by atoms with van der Waals surface area (Å²) in [4.78, 5) is 29.5. The minimum absolute atomic E-state index is 0.00936. The molecule has 0 spiro atoms. The minimum Gasteiger partial charge on any atom is -0.503 e. The molecule has 0 aliphatic carbocycles. The average Bonchev–Trinajstić information content (AvgIpc) is 3.06. The van der Waals surface area contributed by atoms with Crippen molar-refractivity contribution >= 4 is 16.9 Å². The van der Waals surface area contributed by atoms with Crippen LogP contribution in [-0.4, -0.2) is 25.7 Å². The van der Waals surface area contributed by atoms with Crippen molar-refractivity contribution in [3.05, 3.63) is 56.9 Å². The molecular formula is C20H14F2N2O5. The number of carbonyl (C=O) groups is 1. The fourth-order valence-electron chi connectivity index (χ4n) is 4.04. The number of cyclic esters (lactones) is 1. The van der Waals surface area contributed by atoms with Crippen molar-refractivity contribution in [2.24, 2.45) is 0 Å². The number of phenolic OH excluding ortho intramolecular Hbond substituents is 1. The van der Waals surface area contributed by atoms with Crippen molar-refractivity contribution < 1.29 is 28.5 Å². The van der Waals surface area contributed by atoms with Gasteiger partial charge in [0.1, 0.15) is 6.61 Å². The van der Waals surface area contributed by atoms with Gasteiger partial charge >= 0.3 is 5.97 Å². The van der Waals surface area contributed by atoms with E-state index in [1.807, 2.05) is 0 Å². The number of benzene rings is 1. The molecule has 1 atom stereocenters. The molecule has 4 heterocycles. The average molecular weight is 400 g/mol. The predicted molar refractivity (Wildman–Crippen MR) is 96.1 cm³/mol. The number of hydrogen-bond donors (Lipinski definition) is 2. The molecule has 29 heavy (non-hydrogen) atoms. The smallest absolute Gasteiger partial charge is 0.343 e. The Morgan fingerprint density at radius 1 is 1.28 bits per heavy atom. The summed E-state index contributed by atoms with van der Waals surface area (Å²) in [7, 11) is 0. The summed E-state index contributed by atoms with van der Waals surface area (Å²) < 4.78 is 34.4. The van der Waals surface area contributed by atoms with Crippen molar-refractivity contribution in [3.63, 3.8) is 0 Å². The van der Waals surface area contributed by atoms with Crippen molar-refractivity contribution in [2.45, 2.75) is 32.1 Å². The standard InChI is InChI=1S/C20H14F2N2O5/c1-2-20(28)11-4-14-16-8(6-24(14)18(26)10(11)7-29-19(20)27)3-9-13(23-16)5-12(21)17(25)15(9)22/h3-5,25,28H,2,6-7H2,1H3/t20-/m0/s1. The van der Waals surface area contributed by atoms with Gasteiger partial charge < -0.3 is 19.5 Å². The normalized spacial score (nSPS) is 19.7. The lowest BCUT2D eigenvalue weighted by Crippen LogP contribution is -2.44. The van der Waals surface area contributed by atoms with Crippen LogP contribution >= 0.6 is 0 Å². The highest BCUT2D eigenvalue weighted by Gasteiger charge is 2.45. The van der Waals surface area contributed by atoms with Gasteiger partial charge in [-0.3, -0.25) is 4.79 Å². The second-order valence-electron chi connectivity index (χ2n) is 7.19. The van der Waals surface area contributed by atoms with Gasteiger partial charge in [0.15, 0.2) is 23.0 Å². The van der Waals surface area contributed by atoms with Crippen molar-refractivity contribution in [3.8, 4) is 17.1 Å². The first-order chi connectivity index (χ1) is 13.8. The molecule has 0 fully saturated rings. The summed E-state index contributed by atoms with van der Waals surface area (Å²) >= 11 is 0. The molecule has 0 amide bonds. The number of aromatic hydroxyl groups is 1. The third-order valence-corrected chi connectivity index (χ3v) is 5.68. The lowest BCUT2D eigenvalue weighted by molar-refractivity contribution is -0.172. The van der Waals surface area contributed by atoms with Gasteiger partial charge in [0.05, 0.1) is 29.0 Å². The van der Waals surface area contributed by atoms with Gasteiger partial charge in [-0.15, -0.1) is 0 Å². The Kier molecular flexibility index (Phi) is 3.43. The number of carbonyl (C=O) groups excluding carboxylic acids is 1. The summed E-state index contributed by atoms with van der Waals surface area (Å²) in [6.07, 6.45) is 0.00936. The predicted octanol–water partition coefficient (Wildman–Crippen LogP) is 2.06. The second-order valence-corrected chi connectivity index (χ2v) is 7.19. The zero-order valence-corrected chi connectivity index (χ0v) is 15.1. The molecule has 2 aromatic heterocycles. The number of hydrogen-bond acceptors (Lipinski definition) is 6. The lowest BCUT2D eigenvalue weighted by atomic mass is 9.86. The molecule has 148 valence electrons. The highest BCUT2D eigenvalue weighted by atomic mass is 19.1. The zero-order chi connectivity index (χ0) is 20.7. The molecule has 1 aromatic carbocycles. The number of aromatic nitrogens is 2. The Morgan fingerprint density at radius 3 is 2.76 bits per heavy atom. The maximum absolute atomic E-state index is 14.3. The van der Waals surface area contributed by atoms with E-state index in [1.54, 1.807) is 6.92 Å². The van der Waals surface area contributed by atoms with E-state index in [0.717, 1.165) is 6.07 Å². The Labute approximate surface area is 161 Å². The van der Waals surface area contributed by atoms with Crippen LogP contribution in [0.4, 0.5) is 8.78 Å². The monoisotopic (exact) mass is 400 g/mol. The number of rotatable bonds is 1. The van der Waals surface area contributed by atoms with Gasteiger partial charge in [-0.25, -0.2) is 18.6 Å². The van der Waals surface area contributed by atoms with Crippen LogP contribution in [0.15, 0.2) is 23.0 Å². The molecule has 2 aliphatic rings. The van der Waals surface area contributed by atoms with Gasteiger partial charge in [0.25, 0.3) is 5.56 Å². The van der Waals surface area contributed by atoms with Crippen LogP contribution < -0.4 is 5.56 Å². The van der Waals surface area contributed by atoms with Gasteiger partial charge in [-0.2, -0.15) is 0 Å². The molecule has 2 N–H and O–H groups in total. The van der Waals surface area contributed by atoms with Gasteiger partial charge in [0.2, 0.25) is 0 Å². The van der Waals surface area contributed by atoms with Crippen molar-refractivity contribution in [2.75, 3.05) is 0 Å². The first kappa shape index (κ1) is 17.7. The molecule has 0 unspecified atom stereocenters. The molecule has 0 bridgehead atoms. The SMILES string of the molecule is CC[C@@]1(O)C(=O)OCc2c1cc1n(c2=O)Cc2cc3c(F)c(O)c(F)cc3nc2-1. The first-order valence-corrected chi connectivity index (χ1v) is 8.94. The Hall–Kier alpha value is -3.33. The van der Waals surface area contributed by atoms with E-state index in [1.165, 1.54) is 16.7 Å². The first-order valence-electron chi connectivity index (χ1n) is 8.94. The Bertz CT molecular complexity index is 1320. The van der Waals surface area contributed by atoms with Crippen molar-refractivity contribution in [1.82, 2.24) is 9.55 Å². The van der Waals surface area contributed by atoms with Crippen LogP contribution in [-0.2, 0) is 28.3 Å². The minimum atomic E-state index is -1.95. The topological polar surface area (TPSA) is 102 Å². The van der Waals surface area contributed by atoms with Crippen LogP contribution in [0.3, 0.4) is 0 Å². The van der Waals surface area contributed by atoms with Gasteiger partial charge in [-0.05, 0) is 18.6 Å². The molecule has 5 rings (SSSR count). The number of aliphatic hydroxyl groups is 1. The maximum atomic E-state index is 14.3. The van der Waals surface area contributed by atoms with E-state index in [2.05, 4.69) is 4.98 Å². The van der Waals surface area contributed by atoms with E-state index in [9.17, 15) is 28.6 Å². The van der Waals surface area contributed by atoms with E-state index >= 15 is 0 Å². The quantitative estimate of drug-likeness (QED) is 0.475. The van der Waals surface area contributed by atoms with Crippen LogP contribution in [0.2, 0.25) is 0 Å². The number of pyridine rings is 2. The fraction of sp³-hybridized carbons (Fsp3) is 0.250. The largest absolute Gasteiger partial charge is 0.503 e. The van der Waals surface area contributed by atoms with Crippen LogP contribution in [0.1, 0.15) is 30.0 Å². The third-order valence-electron chi connectivity index (χ3n) is 5.68.